The van der Waals surface area contributed by atoms with E-state index in [4.69, 9.17) is 0 Å². The van der Waals surface area contributed by atoms with Gasteiger partial charge < -0.3 is 5.32 Å². The van der Waals surface area contributed by atoms with Gasteiger partial charge in [0.15, 0.2) is 0 Å². The summed E-state index contributed by atoms with van der Waals surface area (Å²) in [4.78, 5) is 12.2. The lowest BCUT2D eigenvalue weighted by molar-refractivity contribution is -0.119. The summed E-state index contributed by atoms with van der Waals surface area (Å²) in [5.41, 5.74) is 4.09. The van der Waals surface area contributed by atoms with Crippen LogP contribution in [0.2, 0.25) is 0 Å². The molecule has 0 heterocycles. The minimum absolute atomic E-state index is 0.398. The molecule has 0 saturated heterocycles. The lowest BCUT2D eigenvalue weighted by Gasteiger charge is -2.21. The maximum absolute atomic E-state index is 12.2. The van der Waals surface area contributed by atoms with E-state index in [0.717, 1.165) is 22.3 Å². The lowest BCUT2D eigenvalue weighted by atomic mass is 9.95. The van der Waals surface area contributed by atoms with E-state index in [1.807, 2.05) is 62.4 Å². The van der Waals surface area contributed by atoms with E-state index in [2.05, 4.69) is 10.0 Å². The maximum Gasteiger partial charge on any atom is 0.237 e. The molecule has 0 bridgehead atoms. The second-order valence-electron chi connectivity index (χ2n) is 5.72. The number of carbonyl (C=O) groups excluding carboxylic acids is 1. The van der Waals surface area contributed by atoms with Gasteiger partial charge in [0.1, 0.15) is 5.75 Å². The molecule has 128 valence electrons. The zero-order valence-electron chi connectivity index (χ0n) is 14.0. The van der Waals surface area contributed by atoms with Gasteiger partial charge in [-0.05, 0) is 43.1 Å². The first-order valence-electron chi connectivity index (χ1n) is 7.65. The Morgan fingerprint density at radius 2 is 1.67 bits per heavy atom. The van der Waals surface area contributed by atoms with Crippen molar-refractivity contribution in [3.05, 3.63) is 70.8 Å². The lowest BCUT2D eigenvalue weighted by Crippen LogP contribution is -2.37. The van der Waals surface area contributed by atoms with Crippen LogP contribution < -0.4 is 10.0 Å². The maximum atomic E-state index is 12.2. The van der Waals surface area contributed by atoms with Crippen LogP contribution in [0.1, 0.15) is 28.3 Å². The number of sulfonamides is 1. The smallest absolute Gasteiger partial charge is 0.237 e. The van der Waals surface area contributed by atoms with Crippen LogP contribution in [0, 0.1) is 13.8 Å². The fourth-order valence-electron chi connectivity index (χ4n) is 2.40. The summed E-state index contributed by atoms with van der Waals surface area (Å²) in [6.07, 6.45) is 0. The summed E-state index contributed by atoms with van der Waals surface area (Å²) in [5.74, 6) is -1.14. The number of rotatable bonds is 6. The highest BCUT2D eigenvalue weighted by atomic mass is 32.2. The predicted octanol–water partition coefficient (Wildman–Crippen LogP) is 2.06. The molecule has 0 fully saturated rings. The van der Waals surface area contributed by atoms with Crippen LogP contribution in [0.25, 0.3) is 0 Å². The van der Waals surface area contributed by atoms with Crippen molar-refractivity contribution in [1.82, 2.24) is 10.0 Å². The number of benzene rings is 2. The molecule has 1 atom stereocenters. The van der Waals surface area contributed by atoms with Gasteiger partial charge in [0.05, 0.1) is 6.04 Å². The Balaban J connectivity index is 2.34. The quantitative estimate of drug-likeness (QED) is 0.841. The summed E-state index contributed by atoms with van der Waals surface area (Å²) in [5, 5.41) is 2.83. The SMILES string of the molecule is CNS(=O)(=O)CC(=O)N[C@@H](c1ccccc1)c1ccc(C)c(C)c1. The molecule has 2 aromatic carbocycles. The minimum atomic E-state index is -3.61. The monoisotopic (exact) mass is 346 g/mol. The summed E-state index contributed by atoms with van der Waals surface area (Å²) >= 11 is 0. The van der Waals surface area contributed by atoms with Crippen LogP contribution in [0.4, 0.5) is 0 Å². The van der Waals surface area contributed by atoms with Crippen LogP contribution in [0.15, 0.2) is 48.5 Å². The van der Waals surface area contributed by atoms with Gasteiger partial charge in [0.2, 0.25) is 15.9 Å². The molecule has 0 saturated carbocycles. The van der Waals surface area contributed by atoms with Crippen molar-refractivity contribution in [2.24, 2.45) is 0 Å². The minimum Gasteiger partial charge on any atom is -0.344 e. The molecule has 0 spiro atoms. The van der Waals surface area contributed by atoms with Crippen molar-refractivity contribution < 1.29 is 13.2 Å². The van der Waals surface area contributed by atoms with Gasteiger partial charge in [0.25, 0.3) is 0 Å². The molecule has 2 rings (SSSR count). The number of aryl methyl sites for hydroxylation is 2. The van der Waals surface area contributed by atoms with E-state index in [1.54, 1.807) is 0 Å². The molecular formula is C18H22N2O3S. The molecule has 0 aromatic heterocycles. The number of carbonyl (C=O) groups is 1. The van der Waals surface area contributed by atoms with Crippen LogP contribution in [0.5, 0.6) is 0 Å². The highest BCUT2D eigenvalue weighted by Gasteiger charge is 2.21. The molecule has 5 nitrogen and oxygen atoms in total. The molecular weight excluding hydrogens is 324 g/mol. The molecule has 0 radical (unpaired) electrons. The largest absolute Gasteiger partial charge is 0.344 e. The van der Waals surface area contributed by atoms with Crippen LogP contribution in [-0.2, 0) is 14.8 Å². The van der Waals surface area contributed by atoms with E-state index in [0.29, 0.717) is 0 Å². The van der Waals surface area contributed by atoms with Gasteiger partial charge in [-0.3, -0.25) is 4.79 Å². The van der Waals surface area contributed by atoms with Crippen molar-refractivity contribution in [3.8, 4) is 0 Å². The zero-order chi connectivity index (χ0) is 17.7. The fraction of sp³-hybridized carbons (Fsp3) is 0.278. The highest BCUT2D eigenvalue weighted by Crippen LogP contribution is 2.24. The first-order chi connectivity index (χ1) is 11.3. The van der Waals surface area contributed by atoms with Crippen molar-refractivity contribution in [3.63, 3.8) is 0 Å². The van der Waals surface area contributed by atoms with E-state index >= 15 is 0 Å². The highest BCUT2D eigenvalue weighted by molar-refractivity contribution is 7.90. The van der Waals surface area contributed by atoms with E-state index in [1.165, 1.54) is 7.05 Å². The Morgan fingerprint density at radius 3 is 2.25 bits per heavy atom. The Bertz CT molecular complexity index is 817. The van der Waals surface area contributed by atoms with Crippen molar-refractivity contribution in [2.45, 2.75) is 19.9 Å². The van der Waals surface area contributed by atoms with Crippen molar-refractivity contribution in [2.75, 3.05) is 12.8 Å². The molecule has 0 aliphatic carbocycles. The molecule has 0 unspecified atom stereocenters. The molecule has 0 aliphatic heterocycles. The summed E-state index contributed by atoms with van der Waals surface area (Å²) in [6.45, 7) is 4.03. The Labute approximate surface area is 143 Å². The number of hydrogen-bond acceptors (Lipinski definition) is 3. The molecule has 2 N–H and O–H groups in total. The van der Waals surface area contributed by atoms with Crippen LogP contribution in [-0.4, -0.2) is 27.1 Å². The number of amides is 1. The van der Waals surface area contributed by atoms with Gasteiger partial charge in [-0.15, -0.1) is 0 Å². The van der Waals surface area contributed by atoms with Gasteiger partial charge >= 0.3 is 0 Å². The zero-order valence-corrected chi connectivity index (χ0v) is 14.9. The second kappa shape index (κ2) is 7.59. The van der Waals surface area contributed by atoms with Crippen LogP contribution in [0.3, 0.4) is 0 Å². The van der Waals surface area contributed by atoms with Crippen molar-refractivity contribution >= 4 is 15.9 Å². The normalized spacial score (nSPS) is 12.6. The van der Waals surface area contributed by atoms with Crippen molar-refractivity contribution in [1.29, 1.82) is 0 Å². The number of hydrogen-bond donors (Lipinski definition) is 2. The van der Waals surface area contributed by atoms with E-state index in [9.17, 15) is 13.2 Å². The molecule has 24 heavy (non-hydrogen) atoms. The topological polar surface area (TPSA) is 75.3 Å². The second-order valence-corrected chi connectivity index (χ2v) is 7.64. The summed E-state index contributed by atoms with van der Waals surface area (Å²) < 4.78 is 25.3. The molecule has 1 amide bonds. The van der Waals surface area contributed by atoms with E-state index < -0.39 is 27.7 Å². The fourth-order valence-corrected chi connectivity index (χ4v) is 2.97. The van der Waals surface area contributed by atoms with Crippen LogP contribution >= 0.6 is 0 Å². The van der Waals surface area contributed by atoms with Gasteiger partial charge in [-0.1, -0.05) is 48.5 Å². The third-order valence-electron chi connectivity index (χ3n) is 3.93. The molecule has 0 aliphatic rings. The molecule has 2 aromatic rings. The molecule has 6 heteroatoms. The third-order valence-corrected chi connectivity index (χ3v) is 5.20. The van der Waals surface area contributed by atoms with Gasteiger partial charge in [-0.2, -0.15) is 0 Å². The average molecular weight is 346 g/mol. The van der Waals surface area contributed by atoms with Gasteiger partial charge in [-0.25, -0.2) is 13.1 Å². The summed E-state index contributed by atoms with van der Waals surface area (Å²) in [7, 11) is -2.31. The first-order valence-corrected chi connectivity index (χ1v) is 9.30. The third kappa shape index (κ3) is 4.66. The first kappa shape index (κ1) is 18.2. The average Bonchev–Trinajstić information content (AvgIpc) is 2.56. The standard InChI is InChI=1S/C18H22N2O3S/c1-13-9-10-16(11-14(13)2)18(15-7-5-4-6-8-15)20-17(21)12-24(22,23)19-3/h4-11,18-19H,12H2,1-3H3,(H,20,21)/t18-/m0/s1. The Hall–Kier alpha value is -2.18. The Morgan fingerprint density at radius 1 is 1.00 bits per heavy atom. The van der Waals surface area contributed by atoms with Gasteiger partial charge in [0, 0.05) is 0 Å². The number of nitrogens with one attached hydrogen (secondary N) is 2. The van der Waals surface area contributed by atoms with E-state index in [-0.39, 0.29) is 0 Å². The predicted molar refractivity (Wildman–Crippen MR) is 95.2 cm³/mol. The Kier molecular flexibility index (Phi) is 5.75. The summed E-state index contributed by atoms with van der Waals surface area (Å²) in [6, 6.07) is 15.1.